The molecule has 1 aromatic carbocycles. The molecular weight excluding hydrogens is 282 g/mol. The molecule has 0 bridgehead atoms. The van der Waals surface area contributed by atoms with Gasteiger partial charge in [0.25, 0.3) is 0 Å². The summed E-state index contributed by atoms with van der Waals surface area (Å²) in [7, 11) is 1.42. The zero-order valence-corrected chi connectivity index (χ0v) is 13.1. The lowest BCUT2D eigenvalue weighted by molar-refractivity contribution is -0.143. The van der Waals surface area contributed by atoms with Crippen LogP contribution < -0.4 is 5.32 Å². The lowest BCUT2D eigenvalue weighted by Crippen LogP contribution is -2.45. The molecule has 0 aromatic heterocycles. The minimum Gasteiger partial charge on any atom is -0.468 e. The van der Waals surface area contributed by atoms with Gasteiger partial charge in [-0.2, -0.15) is 0 Å². The van der Waals surface area contributed by atoms with Crippen molar-refractivity contribution < 1.29 is 9.53 Å². The second kappa shape index (κ2) is 8.05. The van der Waals surface area contributed by atoms with Gasteiger partial charge in [0.2, 0.25) is 0 Å². The van der Waals surface area contributed by atoms with Gasteiger partial charge in [-0.1, -0.05) is 42.5 Å². The van der Waals surface area contributed by atoms with Crippen LogP contribution in [0, 0.1) is 0 Å². The third-order valence-electron chi connectivity index (χ3n) is 3.34. The van der Waals surface area contributed by atoms with Gasteiger partial charge in [-0.05, 0) is 25.0 Å². The smallest absolute Gasteiger partial charge is 0.323 e. The molecule has 0 radical (unpaired) electrons. The number of carbonyl (C=O) groups excluding carboxylic acids is 1. The fourth-order valence-corrected chi connectivity index (χ4v) is 3.10. The third-order valence-corrected chi connectivity index (χ3v) is 4.49. The Labute approximate surface area is 130 Å². The Balaban J connectivity index is 1.78. The number of rotatable bonds is 6. The highest BCUT2D eigenvalue weighted by atomic mass is 32.2. The highest BCUT2D eigenvalue weighted by molar-refractivity contribution is 7.99. The first-order valence-corrected chi connectivity index (χ1v) is 8.02. The fourth-order valence-electron chi connectivity index (χ4n) is 2.27. The van der Waals surface area contributed by atoms with Crippen molar-refractivity contribution in [2.45, 2.75) is 29.8 Å². The first-order valence-electron chi connectivity index (χ1n) is 7.04. The van der Waals surface area contributed by atoms with Crippen molar-refractivity contribution in [1.29, 1.82) is 0 Å². The molecule has 1 aromatic rings. The molecule has 0 aliphatic carbocycles. The first kappa shape index (κ1) is 15.9. The van der Waals surface area contributed by atoms with Gasteiger partial charge in [-0.3, -0.25) is 10.1 Å². The first-order chi connectivity index (χ1) is 10.2. The van der Waals surface area contributed by atoms with E-state index in [2.05, 4.69) is 30.1 Å². The molecule has 0 saturated heterocycles. The molecule has 1 aliphatic heterocycles. The van der Waals surface area contributed by atoms with Crippen molar-refractivity contribution in [2.24, 2.45) is 0 Å². The minimum atomic E-state index is -0.237. The van der Waals surface area contributed by atoms with Gasteiger partial charge < -0.3 is 4.74 Å². The van der Waals surface area contributed by atoms with Gasteiger partial charge in [0.15, 0.2) is 0 Å². The Morgan fingerprint density at radius 2 is 2.19 bits per heavy atom. The summed E-state index contributed by atoms with van der Waals surface area (Å²) in [6, 6.07) is 10.2. The Bertz CT molecular complexity index is 513. The number of hydrogen-bond donors (Lipinski definition) is 1. The molecule has 0 unspecified atom stereocenters. The lowest BCUT2D eigenvalue weighted by Gasteiger charge is -2.25. The van der Waals surface area contributed by atoms with Gasteiger partial charge in [0.05, 0.1) is 7.11 Å². The summed E-state index contributed by atoms with van der Waals surface area (Å²) in [5.41, 5.74) is 1.16. The molecule has 2 rings (SSSR count). The fraction of sp³-hybridized carbons (Fsp3) is 0.353. The number of esters is 1. The number of ether oxygens (including phenoxy) is 1. The number of benzene rings is 1. The van der Waals surface area contributed by atoms with E-state index in [1.807, 2.05) is 24.3 Å². The molecule has 21 heavy (non-hydrogen) atoms. The molecule has 4 heteroatoms. The number of thioether (sulfide) groups is 1. The summed E-state index contributed by atoms with van der Waals surface area (Å²) >= 11 is 1.79. The van der Waals surface area contributed by atoms with Crippen LogP contribution in [-0.2, 0) is 9.53 Å². The molecule has 3 nitrogen and oxygen atoms in total. The van der Waals surface area contributed by atoms with E-state index in [4.69, 9.17) is 4.74 Å². The largest absolute Gasteiger partial charge is 0.468 e. The summed E-state index contributed by atoms with van der Waals surface area (Å²) < 4.78 is 4.79. The highest BCUT2D eigenvalue weighted by Gasteiger charge is 2.23. The summed E-state index contributed by atoms with van der Waals surface area (Å²) in [6.45, 7) is 4.14. The third kappa shape index (κ3) is 5.06. The molecule has 0 amide bonds. The summed E-state index contributed by atoms with van der Waals surface area (Å²) in [5, 5.41) is 3.30. The SMILES string of the molecule is C=C(CSc1ccccc1)C[C@H]1C=CC[C@@H](C(=O)OC)N1. The minimum absolute atomic E-state index is 0.159. The van der Waals surface area contributed by atoms with Gasteiger partial charge in [-0.25, -0.2) is 0 Å². The van der Waals surface area contributed by atoms with E-state index in [0.29, 0.717) is 6.42 Å². The molecule has 1 heterocycles. The molecule has 0 fully saturated rings. The van der Waals surface area contributed by atoms with E-state index >= 15 is 0 Å². The van der Waals surface area contributed by atoms with Gasteiger partial charge in [-0.15, -0.1) is 11.8 Å². The topological polar surface area (TPSA) is 38.3 Å². The van der Waals surface area contributed by atoms with Crippen molar-refractivity contribution in [2.75, 3.05) is 12.9 Å². The van der Waals surface area contributed by atoms with Crippen LogP contribution in [0.3, 0.4) is 0 Å². The molecule has 0 spiro atoms. The zero-order chi connectivity index (χ0) is 15.1. The van der Waals surface area contributed by atoms with Crippen molar-refractivity contribution in [3.8, 4) is 0 Å². The quantitative estimate of drug-likeness (QED) is 0.498. The van der Waals surface area contributed by atoms with Crippen LogP contribution >= 0.6 is 11.8 Å². The average Bonchev–Trinajstić information content (AvgIpc) is 2.53. The van der Waals surface area contributed by atoms with Crippen molar-refractivity contribution >= 4 is 17.7 Å². The van der Waals surface area contributed by atoms with E-state index in [1.54, 1.807) is 11.8 Å². The maximum atomic E-state index is 11.6. The van der Waals surface area contributed by atoms with E-state index in [-0.39, 0.29) is 18.1 Å². The monoisotopic (exact) mass is 303 g/mol. The summed E-state index contributed by atoms with van der Waals surface area (Å²) in [4.78, 5) is 12.8. The van der Waals surface area contributed by atoms with E-state index in [9.17, 15) is 4.79 Å². The van der Waals surface area contributed by atoms with Crippen molar-refractivity contribution in [3.05, 3.63) is 54.6 Å². The van der Waals surface area contributed by atoms with E-state index in [0.717, 1.165) is 17.7 Å². The molecule has 1 aliphatic rings. The van der Waals surface area contributed by atoms with Crippen molar-refractivity contribution in [3.63, 3.8) is 0 Å². The average molecular weight is 303 g/mol. The lowest BCUT2D eigenvalue weighted by atomic mass is 10.0. The predicted octanol–water partition coefficient (Wildman–Crippen LogP) is 3.18. The van der Waals surface area contributed by atoms with Crippen molar-refractivity contribution in [1.82, 2.24) is 5.32 Å². The zero-order valence-electron chi connectivity index (χ0n) is 12.2. The number of hydrogen-bond acceptors (Lipinski definition) is 4. The second-order valence-electron chi connectivity index (χ2n) is 5.07. The Morgan fingerprint density at radius 3 is 2.90 bits per heavy atom. The normalized spacial score (nSPS) is 21.0. The van der Waals surface area contributed by atoms with Gasteiger partial charge in [0.1, 0.15) is 6.04 Å². The van der Waals surface area contributed by atoms with Gasteiger partial charge in [0, 0.05) is 16.7 Å². The Kier molecular flexibility index (Phi) is 6.08. The predicted molar refractivity (Wildman–Crippen MR) is 87.4 cm³/mol. The van der Waals surface area contributed by atoms with Crippen LogP contribution in [0.5, 0.6) is 0 Å². The number of nitrogens with one attached hydrogen (secondary N) is 1. The van der Waals surface area contributed by atoms with Crippen LogP contribution in [0.25, 0.3) is 0 Å². The Hall–Kier alpha value is -1.52. The van der Waals surface area contributed by atoms with Crippen LogP contribution in [0.4, 0.5) is 0 Å². The maximum Gasteiger partial charge on any atom is 0.323 e. The molecular formula is C17H21NO2S. The van der Waals surface area contributed by atoms with Gasteiger partial charge >= 0.3 is 5.97 Å². The number of methoxy groups -OCH3 is 1. The highest BCUT2D eigenvalue weighted by Crippen LogP contribution is 2.22. The van der Waals surface area contributed by atoms with Crippen LogP contribution in [0.15, 0.2) is 59.5 Å². The molecule has 2 atom stereocenters. The molecule has 0 saturated carbocycles. The molecule has 1 N–H and O–H groups in total. The number of carbonyl (C=O) groups is 1. The van der Waals surface area contributed by atoms with Crippen LogP contribution in [0.2, 0.25) is 0 Å². The standard InChI is InChI=1S/C17H21NO2S/c1-13(12-21-15-8-4-3-5-9-15)11-14-7-6-10-16(18-14)17(19)20-2/h3-9,14,16,18H,1,10-12H2,2H3/t14-,16+/m1/s1. The summed E-state index contributed by atoms with van der Waals surface area (Å²) in [6.07, 6.45) is 5.68. The van der Waals surface area contributed by atoms with E-state index in [1.165, 1.54) is 12.0 Å². The van der Waals surface area contributed by atoms with Crippen LogP contribution in [0.1, 0.15) is 12.8 Å². The molecule has 112 valence electrons. The summed E-state index contributed by atoms with van der Waals surface area (Å²) in [5.74, 6) is 0.687. The maximum absolute atomic E-state index is 11.6. The van der Waals surface area contributed by atoms with Crippen LogP contribution in [-0.4, -0.2) is 30.9 Å². The second-order valence-corrected chi connectivity index (χ2v) is 6.12. The Morgan fingerprint density at radius 1 is 1.43 bits per heavy atom. The van der Waals surface area contributed by atoms with E-state index < -0.39 is 0 Å².